The molecule has 1 aliphatic heterocycles. The van der Waals surface area contributed by atoms with Gasteiger partial charge < -0.3 is 5.11 Å². The molecule has 0 bridgehead atoms. The first-order valence-corrected chi connectivity index (χ1v) is 3.87. The van der Waals surface area contributed by atoms with Crippen molar-refractivity contribution in [3.63, 3.8) is 0 Å². The van der Waals surface area contributed by atoms with E-state index in [2.05, 4.69) is 10.3 Å². The van der Waals surface area contributed by atoms with Crippen molar-refractivity contribution in [3.8, 4) is 0 Å². The highest BCUT2D eigenvalue weighted by molar-refractivity contribution is 6.39. The molecule has 0 unspecified atom stereocenters. The number of nitrogens with zero attached hydrogens (tertiary/aromatic N) is 1. The smallest absolute Gasteiger partial charge is 0.351 e. The van der Waals surface area contributed by atoms with Gasteiger partial charge >= 0.3 is 5.97 Å². The summed E-state index contributed by atoms with van der Waals surface area (Å²) in [6.07, 6.45) is 0. The molecule has 0 saturated carbocycles. The van der Waals surface area contributed by atoms with E-state index in [9.17, 15) is 4.79 Å². The molecule has 1 heterocycles. The van der Waals surface area contributed by atoms with E-state index in [1.807, 2.05) is 27.7 Å². The highest BCUT2D eigenvalue weighted by Crippen LogP contribution is 2.22. The molecule has 2 N–H and O–H groups in total. The molecule has 0 atom stereocenters. The lowest BCUT2D eigenvalue weighted by molar-refractivity contribution is -0.129. The minimum absolute atomic E-state index is 0.201. The van der Waals surface area contributed by atoms with Gasteiger partial charge in [0.2, 0.25) is 0 Å². The second-order valence-electron chi connectivity index (χ2n) is 4.07. The minimum Gasteiger partial charge on any atom is -0.477 e. The molecule has 0 amide bonds. The lowest BCUT2D eigenvalue weighted by Crippen LogP contribution is -2.49. The van der Waals surface area contributed by atoms with E-state index in [-0.39, 0.29) is 5.71 Å². The molecule has 0 aliphatic carbocycles. The predicted octanol–water partition coefficient (Wildman–Crippen LogP) is 0.630. The standard InChI is InChI=1S/C8H14N2O2/c1-7(2)5(6(11)12)9-8(3,4)10-7/h10H,1-4H3,(H,11,12). The fourth-order valence-corrected chi connectivity index (χ4v) is 1.59. The molecular formula is C8H14N2O2. The topological polar surface area (TPSA) is 61.7 Å². The average molecular weight is 170 g/mol. The molecule has 0 saturated heterocycles. The first-order chi connectivity index (χ1) is 5.25. The third-order valence-electron chi connectivity index (χ3n) is 1.80. The molecule has 1 aliphatic rings. The summed E-state index contributed by atoms with van der Waals surface area (Å²) in [6, 6.07) is 0. The summed E-state index contributed by atoms with van der Waals surface area (Å²) in [5.41, 5.74) is -0.792. The van der Waals surface area contributed by atoms with Crippen molar-refractivity contribution in [2.24, 2.45) is 4.99 Å². The van der Waals surface area contributed by atoms with Gasteiger partial charge in [-0.15, -0.1) is 0 Å². The van der Waals surface area contributed by atoms with Crippen LogP contribution in [-0.4, -0.2) is 28.0 Å². The van der Waals surface area contributed by atoms with Gasteiger partial charge in [0, 0.05) is 0 Å². The van der Waals surface area contributed by atoms with Crippen LogP contribution in [0.4, 0.5) is 0 Å². The van der Waals surface area contributed by atoms with Crippen LogP contribution in [0.25, 0.3) is 0 Å². The Morgan fingerprint density at radius 3 is 2.08 bits per heavy atom. The number of aliphatic imine (C=N–C) groups is 1. The number of hydrogen-bond acceptors (Lipinski definition) is 3. The number of aliphatic carboxylic acids is 1. The molecule has 0 aromatic rings. The maximum absolute atomic E-state index is 10.7. The zero-order valence-electron chi connectivity index (χ0n) is 7.80. The first-order valence-electron chi connectivity index (χ1n) is 3.87. The molecule has 0 aromatic carbocycles. The summed E-state index contributed by atoms with van der Waals surface area (Å²) in [5.74, 6) is -0.946. The number of nitrogens with one attached hydrogen (secondary N) is 1. The molecule has 68 valence electrons. The highest BCUT2D eigenvalue weighted by Gasteiger charge is 2.41. The minimum atomic E-state index is -0.946. The van der Waals surface area contributed by atoms with Gasteiger partial charge in [-0.3, -0.25) is 10.3 Å². The number of carboxylic acids is 1. The van der Waals surface area contributed by atoms with Crippen molar-refractivity contribution in [2.75, 3.05) is 0 Å². The van der Waals surface area contributed by atoms with Gasteiger partial charge in [-0.2, -0.15) is 0 Å². The third kappa shape index (κ3) is 1.48. The molecule has 4 nitrogen and oxygen atoms in total. The second-order valence-corrected chi connectivity index (χ2v) is 4.07. The fourth-order valence-electron chi connectivity index (χ4n) is 1.59. The van der Waals surface area contributed by atoms with Crippen molar-refractivity contribution < 1.29 is 9.90 Å². The molecule has 0 spiro atoms. The molecule has 0 radical (unpaired) electrons. The van der Waals surface area contributed by atoms with E-state index >= 15 is 0 Å². The Morgan fingerprint density at radius 1 is 1.42 bits per heavy atom. The zero-order valence-corrected chi connectivity index (χ0v) is 7.80. The molecule has 0 fully saturated rings. The van der Waals surface area contributed by atoms with Crippen LogP contribution in [0.5, 0.6) is 0 Å². The lowest BCUT2D eigenvalue weighted by atomic mass is 9.99. The Labute approximate surface area is 71.7 Å². The first kappa shape index (κ1) is 9.19. The zero-order chi connectivity index (χ0) is 9.57. The summed E-state index contributed by atoms with van der Waals surface area (Å²) in [5, 5.41) is 11.9. The van der Waals surface area contributed by atoms with Crippen molar-refractivity contribution in [1.82, 2.24) is 5.32 Å². The Hall–Kier alpha value is -0.900. The van der Waals surface area contributed by atoms with Crippen molar-refractivity contribution >= 4 is 11.7 Å². The van der Waals surface area contributed by atoms with E-state index in [0.717, 1.165) is 0 Å². The summed E-state index contributed by atoms with van der Waals surface area (Å²) in [6.45, 7) is 7.33. The van der Waals surface area contributed by atoms with E-state index in [0.29, 0.717) is 0 Å². The maximum atomic E-state index is 10.7. The maximum Gasteiger partial charge on any atom is 0.351 e. The van der Waals surface area contributed by atoms with Crippen LogP contribution < -0.4 is 5.32 Å². The van der Waals surface area contributed by atoms with E-state index in [1.54, 1.807) is 0 Å². The average Bonchev–Trinajstić information content (AvgIpc) is 1.99. The monoisotopic (exact) mass is 170 g/mol. The van der Waals surface area contributed by atoms with Gasteiger partial charge in [0.15, 0.2) is 0 Å². The fraction of sp³-hybridized carbons (Fsp3) is 0.750. The number of rotatable bonds is 1. The number of carbonyl (C=O) groups is 1. The Balaban J connectivity index is 3.04. The van der Waals surface area contributed by atoms with E-state index in [1.165, 1.54) is 0 Å². The molecule has 4 heteroatoms. The van der Waals surface area contributed by atoms with Gasteiger partial charge in [-0.1, -0.05) is 0 Å². The quantitative estimate of drug-likeness (QED) is 0.606. The summed E-state index contributed by atoms with van der Waals surface area (Å²) in [7, 11) is 0. The van der Waals surface area contributed by atoms with E-state index in [4.69, 9.17) is 5.11 Å². The lowest BCUT2D eigenvalue weighted by Gasteiger charge is -2.23. The Kier molecular flexibility index (Phi) is 1.76. The van der Waals surface area contributed by atoms with Gasteiger partial charge in [0.05, 0.1) is 5.54 Å². The summed E-state index contributed by atoms with van der Waals surface area (Å²) in [4.78, 5) is 14.8. The summed E-state index contributed by atoms with van der Waals surface area (Å²) < 4.78 is 0. The van der Waals surface area contributed by atoms with Crippen LogP contribution in [0.1, 0.15) is 27.7 Å². The van der Waals surface area contributed by atoms with Crippen molar-refractivity contribution in [3.05, 3.63) is 0 Å². The van der Waals surface area contributed by atoms with Crippen LogP contribution in [-0.2, 0) is 4.79 Å². The largest absolute Gasteiger partial charge is 0.477 e. The molecule has 1 rings (SSSR count). The second kappa shape index (κ2) is 2.29. The summed E-state index contributed by atoms with van der Waals surface area (Å²) >= 11 is 0. The van der Waals surface area contributed by atoms with Gasteiger partial charge in [-0.25, -0.2) is 4.79 Å². The Bertz CT molecular complexity index is 254. The van der Waals surface area contributed by atoms with Gasteiger partial charge in [0.1, 0.15) is 11.4 Å². The van der Waals surface area contributed by atoms with Gasteiger partial charge in [-0.05, 0) is 27.7 Å². The molecular weight excluding hydrogens is 156 g/mol. The molecule has 12 heavy (non-hydrogen) atoms. The van der Waals surface area contributed by atoms with Crippen LogP contribution in [0.3, 0.4) is 0 Å². The SMILES string of the molecule is CC1(C)N=C(C(=O)O)C(C)(C)N1. The third-order valence-corrected chi connectivity index (χ3v) is 1.80. The number of hydrogen-bond donors (Lipinski definition) is 2. The normalized spacial score (nSPS) is 25.2. The van der Waals surface area contributed by atoms with E-state index < -0.39 is 17.2 Å². The van der Waals surface area contributed by atoms with Crippen LogP contribution in [0.2, 0.25) is 0 Å². The van der Waals surface area contributed by atoms with Crippen LogP contribution in [0, 0.1) is 0 Å². The number of carboxylic acid groups (broad SMARTS) is 1. The van der Waals surface area contributed by atoms with Gasteiger partial charge in [0.25, 0.3) is 0 Å². The van der Waals surface area contributed by atoms with Crippen molar-refractivity contribution in [2.45, 2.75) is 38.9 Å². The highest BCUT2D eigenvalue weighted by atomic mass is 16.4. The van der Waals surface area contributed by atoms with Crippen LogP contribution >= 0.6 is 0 Å². The van der Waals surface area contributed by atoms with Crippen LogP contribution in [0.15, 0.2) is 4.99 Å². The molecule has 0 aromatic heterocycles. The Morgan fingerprint density at radius 2 is 1.92 bits per heavy atom. The van der Waals surface area contributed by atoms with Crippen molar-refractivity contribution in [1.29, 1.82) is 0 Å². The predicted molar refractivity (Wildman–Crippen MR) is 46.4 cm³/mol.